The third kappa shape index (κ3) is 1.70. The summed E-state index contributed by atoms with van der Waals surface area (Å²) in [7, 11) is 0. The van der Waals surface area contributed by atoms with Crippen LogP contribution in [0.1, 0.15) is 16.9 Å². The molecule has 17 heavy (non-hydrogen) atoms. The molecule has 4 nitrogen and oxygen atoms in total. The number of carboxylic acid groups (broad SMARTS) is 1. The van der Waals surface area contributed by atoms with Crippen LogP contribution in [0, 0.1) is 5.92 Å². The van der Waals surface area contributed by atoms with E-state index in [4.69, 9.17) is 16.7 Å². The molecule has 0 bridgehead atoms. The van der Waals surface area contributed by atoms with E-state index >= 15 is 0 Å². The Kier molecular flexibility index (Phi) is 2.52. The zero-order valence-electron chi connectivity index (χ0n) is 8.81. The van der Waals surface area contributed by atoms with Gasteiger partial charge in [-0.3, -0.25) is 4.79 Å². The molecule has 0 aromatic carbocycles. The van der Waals surface area contributed by atoms with Gasteiger partial charge in [0.25, 0.3) is 0 Å². The van der Waals surface area contributed by atoms with Crippen LogP contribution >= 0.6 is 22.9 Å². The third-order valence-corrected chi connectivity index (χ3v) is 4.60. The van der Waals surface area contributed by atoms with Gasteiger partial charge in [-0.25, -0.2) is 9.97 Å². The van der Waals surface area contributed by atoms with Gasteiger partial charge in [-0.1, -0.05) is 11.6 Å². The van der Waals surface area contributed by atoms with Crippen LogP contribution in [0.15, 0.2) is 6.33 Å². The SMILES string of the molecule is O=C(O)[C@H]1CCc2c(sc3ncnc(Cl)c23)C1. The van der Waals surface area contributed by atoms with Crippen LogP contribution in [-0.4, -0.2) is 21.0 Å². The lowest BCUT2D eigenvalue weighted by Gasteiger charge is -2.18. The van der Waals surface area contributed by atoms with Crippen molar-refractivity contribution < 1.29 is 9.90 Å². The molecule has 0 saturated heterocycles. The average molecular weight is 269 g/mol. The highest BCUT2D eigenvalue weighted by Crippen LogP contribution is 2.39. The summed E-state index contributed by atoms with van der Waals surface area (Å²) >= 11 is 7.61. The smallest absolute Gasteiger partial charge is 0.306 e. The maximum atomic E-state index is 11.0. The molecule has 1 atom stereocenters. The number of fused-ring (bicyclic) bond motifs is 3. The van der Waals surface area contributed by atoms with Crippen LogP contribution in [0.3, 0.4) is 0 Å². The molecule has 1 N–H and O–H groups in total. The van der Waals surface area contributed by atoms with Crippen molar-refractivity contribution in [1.82, 2.24) is 9.97 Å². The molecule has 3 rings (SSSR count). The fourth-order valence-electron chi connectivity index (χ4n) is 2.28. The number of rotatable bonds is 1. The van der Waals surface area contributed by atoms with Crippen LogP contribution in [0.25, 0.3) is 10.2 Å². The third-order valence-electron chi connectivity index (χ3n) is 3.15. The number of thiophene rings is 1. The van der Waals surface area contributed by atoms with Gasteiger partial charge in [0.15, 0.2) is 0 Å². The summed E-state index contributed by atoms with van der Waals surface area (Å²) in [6.45, 7) is 0. The predicted molar refractivity (Wildman–Crippen MR) is 65.6 cm³/mol. The molecule has 2 aromatic rings. The molecule has 0 amide bonds. The maximum absolute atomic E-state index is 11.0. The lowest BCUT2D eigenvalue weighted by molar-refractivity contribution is -0.142. The number of hydrogen-bond donors (Lipinski definition) is 1. The standard InChI is InChI=1S/C11H9ClN2O2S/c12-9-8-6-2-1-5(11(15)16)3-7(6)17-10(8)14-4-13-9/h4-5H,1-3H2,(H,15,16)/t5-/m0/s1. The fourth-order valence-corrected chi connectivity index (χ4v) is 3.85. The lowest BCUT2D eigenvalue weighted by atomic mass is 9.88. The van der Waals surface area contributed by atoms with Gasteiger partial charge in [-0.05, 0) is 24.8 Å². The quantitative estimate of drug-likeness (QED) is 0.808. The van der Waals surface area contributed by atoms with E-state index < -0.39 is 5.97 Å². The molecule has 0 radical (unpaired) electrons. The zero-order valence-corrected chi connectivity index (χ0v) is 10.4. The van der Waals surface area contributed by atoms with Crippen molar-refractivity contribution in [2.45, 2.75) is 19.3 Å². The molecular formula is C11H9ClN2O2S. The van der Waals surface area contributed by atoms with E-state index in [-0.39, 0.29) is 5.92 Å². The van der Waals surface area contributed by atoms with E-state index in [2.05, 4.69) is 9.97 Å². The monoisotopic (exact) mass is 268 g/mol. The molecule has 88 valence electrons. The number of hydrogen-bond acceptors (Lipinski definition) is 4. The number of nitrogens with zero attached hydrogens (tertiary/aromatic N) is 2. The van der Waals surface area contributed by atoms with Crippen molar-refractivity contribution in [1.29, 1.82) is 0 Å². The van der Waals surface area contributed by atoms with Gasteiger partial charge in [-0.2, -0.15) is 0 Å². The molecule has 0 spiro atoms. The Hall–Kier alpha value is -1.20. The summed E-state index contributed by atoms with van der Waals surface area (Å²) in [6, 6.07) is 0. The first-order valence-corrected chi connectivity index (χ1v) is 6.50. The van der Waals surface area contributed by atoms with E-state index in [9.17, 15) is 4.79 Å². The number of aryl methyl sites for hydroxylation is 1. The van der Waals surface area contributed by atoms with Gasteiger partial charge in [0.2, 0.25) is 0 Å². The van der Waals surface area contributed by atoms with Crippen molar-refractivity contribution in [3.05, 3.63) is 21.9 Å². The van der Waals surface area contributed by atoms with Gasteiger partial charge in [-0.15, -0.1) is 11.3 Å². The first-order valence-electron chi connectivity index (χ1n) is 5.30. The van der Waals surface area contributed by atoms with E-state index in [0.29, 0.717) is 18.0 Å². The molecule has 6 heteroatoms. The van der Waals surface area contributed by atoms with Gasteiger partial charge < -0.3 is 5.11 Å². The molecule has 0 unspecified atom stereocenters. The topological polar surface area (TPSA) is 63.1 Å². The first kappa shape index (κ1) is 10.9. The molecule has 2 aromatic heterocycles. The van der Waals surface area contributed by atoms with Crippen molar-refractivity contribution in [2.24, 2.45) is 5.92 Å². The highest BCUT2D eigenvalue weighted by molar-refractivity contribution is 7.19. The second kappa shape index (κ2) is 3.92. The summed E-state index contributed by atoms with van der Waals surface area (Å²) in [6.07, 6.45) is 3.45. The van der Waals surface area contributed by atoms with Crippen LogP contribution in [0.2, 0.25) is 5.15 Å². The van der Waals surface area contributed by atoms with Crippen LogP contribution in [0.4, 0.5) is 0 Å². The molecule has 0 aliphatic heterocycles. The Labute approximate surface area is 106 Å². The minimum Gasteiger partial charge on any atom is -0.481 e. The minimum absolute atomic E-state index is 0.276. The van der Waals surface area contributed by atoms with Gasteiger partial charge in [0, 0.05) is 4.88 Å². The van der Waals surface area contributed by atoms with Gasteiger partial charge in [0.1, 0.15) is 16.3 Å². The van der Waals surface area contributed by atoms with E-state index in [1.54, 1.807) is 0 Å². The molecule has 1 aliphatic carbocycles. The zero-order chi connectivity index (χ0) is 12.0. The van der Waals surface area contributed by atoms with E-state index in [1.165, 1.54) is 17.7 Å². The molecule has 0 saturated carbocycles. The summed E-state index contributed by atoms with van der Waals surface area (Å²) in [5.74, 6) is -0.993. The summed E-state index contributed by atoms with van der Waals surface area (Å²) in [5, 5.41) is 10.4. The Morgan fingerprint density at radius 3 is 3.12 bits per heavy atom. The predicted octanol–water partition coefficient (Wildman–Crippen LogP) is 2.53. The normalized spacial score (nSPS) is 19.2. The number of halogens is 1. The number of aliphatic carboxylic acids is 1. The second-order valence-corrected chi connectivity index (χ2v) is 5.57. The van der Waals surface area contributed by atoms with E-state index in [0.717, 1.165) is 27.1 Å². The van der Waals surface area contributed by atoms with Crippen LogP contribution in [-0.2, 0) is 17.6 Å². The van der Waals surface area contributed by atoms with Crippen molar-refractivity contribution >= 4 is 39.1 Å². The summed E-state index contributed by atoms with van der Waals surface area (Å²) in [4.78, 5) is 21.1. The molecule has 1 aliphatic rings. The van der Waals surface area contributed by atoms with Gasteiger partial charge in [0.05, 0.1) is 11.3 Å². The maximum Gasteiger partial charge on any atom is 0.306 e. The number of carbonyl (C=O) groups is 1. The Bertz CT molecular complexity index is 611. The van der Waals surface area contributed by atoms with Crippen molar-refractivity contribution in [3.63, 3.8) is 0 Å². The largest absolute Gasteiger partial charge is 0.481 e. The fraction of sp³-hybridized carbons (Fsp3) is 0.364. The number of carboxylic acids is 1. The summed E-state index contributed by atoms with van der Waals surface area (Å²) < 4.78 is 0. The highest BCUT2D eigenvalue weighted by atomic mass is 35.5. The Morgan fingerprint density at radius 2 is 2.35 bits per heavy atom. The van der Waals surface area contributed by atoms with Crippen LogP contribution in [0.5, 0.6) is 0 Å². The molecule has 2 heterocycles. The van der Waals surface area contributed by atoms with Crippen molar-refractivity contribution in [3.8, 4) is 0 Å². The number of aromatic nitrogens is 2. The molecule has 0 fully saturated rings. The molecular weight excluding hydrogens is 260 g/mol. The Balaban J connectivity index is 2.14. The van der Waals surface area contributed by atoms with Gasteiger partial charge >= 0.3 is 5.97 Å². The second-order valence-electron chi connectivity index (χ2n) is 4.13. The highest BCUT2D eigenvalue weighted by Gasteiger charge is 2.28. The average Bonchev–Trinajstić information content (AvgIpc) is 2.67. The first-order chi connectivity index (χ1) is 8.16. The van der Waals surface area contributed by atoms with Crippen LogP contribution < -0.4 is 0 Å². The Morgan fingerprint density at radius 1 is 1.53 bits per heavy atom. The van der Waals surface area contributed by atoms with E-state index in [1.807, 2.05) is 0 Å². The summed E-state index contributed by atoms with van der Waals surface area (Å²) in [5.41, 5.74) is 1.15. The lowest BCUT2D eigenvalue weighted by Crippen LogP contribution is -2.20. The minimum atomic E-state index is -0.717. The van der Waals surface area contributed by atoms with Crippen molar-refractivity contribution in [2.75, 3.05) is 0 Å².